The Morgan fingerprint density at radius 2 is 1.84 bits per heavy atom. The second-order valence-corrected chi connectivity index (χ2v) is 4.40. The van der Waals surface area contributed by atoms with E-state index in [1.165, 1.54) is 0 Å². The number of nitrogen functional groups attached to an aromatic ring is 1. The lowest BCUT2D eigenvalue weighted by Crippen LogP contribution is -2.17. The molecule has 0 saturated heterocycles. The van der Waals surface area contributed by atoms with Gasteiger partial charge in [0.1, 0.15) is 0 Å². The Hall–Kier alpha value is -2.43. The molecular weight excluding hydrogens is 240 g/mol. The number of para-hydroxylation sites is 1. The van der Waals surface area contributed by atoms with Crippen molar-refractivity contribution < 1.29 is 4.79 Å². The third-order valence-electron chi connectivity index (χ3n) is 2.64. The Balaban J connectivity index is 2.07. The van der Waals surface area contributed by atoms with Crippen LogP contribution in [0.25, 0.3) is 0 Å². The van der Waals surface area contributed by atoms with E-state index in [-0.39, 0.29) is 12.3 Å². The lowest BCUT2D eigenvalue weighted by molar-refractivity contribution is -0.115. The molecule has 0 radical (unpaired) electrons. The molecule has 3 N–H and O–H groups in total. The van der Waals surface area contributed by atoms with Gasteiger partial charge in [-0.1, -0.05) is 18.2 Å². The van der Waals surface area contributed by atoms with Crippen molar-refractivity contribution in [2.75, 3.05) is 11.1 Å². The van der Waals surface area contributed by atoms with Crippen molar-refractivity contribution in [3.8, 4) is 0 Å². The molecule has 2 rings (SSSR count). The third kappa shape index (κ3) is 3.51. The number of hydrogen-bond donors (Lipinski definition) is 2. The number of nitrogens with two attached hydrogens (primary N) is 1. The molecule has 0 spiro atoms. The lowest BCUT2D eigenvalue weighted by Gasteiger charge is -2.07. The normalized spacial score (nSPS) is 10.2. The summed E-state index contributed by atoms with van der Waals surface area (Å²) in [7, 11) is 0. The fraction of sp³-hybridized carbons (Fsp3) is 0.214. The molecule has 1 aromatic carbocycles. The molecule has 0 aliphatic rings. The van der Waals surface area contributed by atoms with Gasteiger partial charge in [0.25, 0.3) is 0 Å². The highest BCUT2D eigenvalue weighted by atomic mass is 16.1. The largest absolute Gasteiger partial charge is 0.398 e. The smallest absolute Gasteiger partial charge is 0.231 e. The minimum absolute atomic E-state index is 0.178. The van der Waals surface area contributed by atoms with E-state index in [9.17, 15) is 4.79 Å². The summed E-state index contributed by atoms with van der Waals surface area (Å²) in [5, 5.41) is 2.68. The van der Waals surface area contributed by atoms with Crippen LogP contribution in [0.1, 0.15) is 17.0 Å². The first-order valence-electron chi connectivity index (χ1n) is 6.00. The predicted octanol–water partition coefficient (Wildman–Crippen LogP) is 1.86. The van der Waals surface area contributed by atoms with Gasteiger partial charge in [-0.2, -0.15) is 0 Å². The number of amides is 1. The van der Waals surface area contributed by atoms with Crippen LogP contribution in [-0.2, 0) is 11.2 Å². The highest BCUT2D eigenvalue weighted by Crippen LogP contribution is 2.12. The molecule has 5 nitrogen and oxygen atoms in total. The predicted molar refractivity (Wildman–Crippen MR) is 74.7 cm³/mol. The molecule has 0 bridgehead atoms. The number of hydrogen-bond acceptors (Lipinski definition) is 4. The molecule has 5 heteroatoms. The van der Waals surface area contributed by atoms with Crippen molar-refractivity contribution in [2.24, 2.45) is 0 Å². The van der Waals surface area contributed by atoms with E-state index in [4.69, 9.17) is 5.73 Å². The molecule has 19 heavy (non-hydrogen) atoms. The zero-order valence-corrected chi connectivity index (χ0v) is 11.0. The Morgan fingerprint density at radius 1 is 1.21 bits per heavy atom. The third-order valence-corrected chi connectivity index (χ3v) is 2.64. The maximum atomic E-state index is 11.9. The number of anilines is 2. The van der Waals surface area contributed by atoms with E-state index in [0.717, 1.165) is 17.0 Å². The highest BCUT2D eigenvalue weighted by Gasteiger charge is 2.08. The van der Waals surface area contributed by atoms with Crippen molar-refractivity contribution in [3.05, 3.63) is 47.3 Å². The number of rotatable bonds is 3. The maximum absolute atomic E-state index is 11.9. The Bertz CT molecular complexity index is 590. The first-order chi connectivity index (χ1) is 9.04. The number of aromatic nitrogens is 2. The van der Waals surface area contributed by atoms with Crippen LogP contribution in [0.2, 0.25) is 0 Å². The molecule has 2 aromatic rings. The average Bonchev–Trinajstić information content (AvgIpc) is 2.30. The number of benzene rings is 1. The minimum Gasteiger partial charge on any atom is -0.398 e. The van der Waals surface area contributed by atoms with Crippen LogP contribution in [-0.4, -0.2) is 15.9 Å². The molecule has 1 aromatic heterocycles. The van der Waals surface area contributed by atoms with E-state index >= 15 is 0 Å². The summed E-state index contributed by atoms with van der Waals surface area (Å²) in [6, 6.07) is 9.15. The van der Waals surface area contributed by atoms with Gasteiger partial charge >= 0.3 is 0 Å². The van der Waals surface area contributed by atoms with E-state index in [1.807, 2.05) is 38.1 Å². The fourth-order valence-corrected chi connectivity index (χ4v) is 1.82. The van der Waals surface area contributed by atoms with Crippen molar-refractivity contribution in [3.63, 3.8) is 0 Å². The van der Waals surface area contributed by atoms with Crippen LogP contribution in [0.15, 0.2) is 30.3 Å². The SMILES string of the molecule is Cc1cc(C)nc(NC(=O)Cc2ccccc2N)n1. The van der Waals surface area contributed by atoms with Gasteiger partial charge in [0.15, 0.2) is 0 Å². The van der Waals surface area contributed by atoms with Gasteiger partial charge in [0.2, 0.25) is 11.9 Å². The molecule has 0 aliphatic heterocycles. The van der Waals surface area contributed by atoms with Crippen LogP contribution in [0.5, 0.6) is 0 Å². The Kier molecular flexibility index (Phi) is 3.75. The van der Waals surface area contributed by atoms with Crippen LogP contribution in [0, 0.1) is 13.8 Å². The topological polar surface area (TPSA) is 80.9 Å². The summed E-state index contributed by atoms with van der Waals surface area (Å²) in [6.45, 7) is 3.72. The number of nitrogens with zero attached hydrogens (tertiary/aromatic N) is 2. The number of nitrogens with one attached hydrogen (secondary N) is 1. The second-order valence-electron chi connectivity index (χ2n) is 4.40. The second kappa shape index (κ2) is 5.48. The van der Waals surface area contributed by atoms with E-state index in [1.54, 1.807) is 6.07 Å². The fourth-order valence-electron chi connectivity index (χ4n) is 1.82. The summed E-state index contributed by atoms with van der Waals surface area (Å²) < 4.78 is 0. The van der Waals surface area contributed by atoms with Gasteiger partial charge in [-0.3, -0.25) is 10.1 Å². The van der Waals surface area contributed by atoms with Crippen LogP contribution >= 0.6 is 0 Å². The first kappa shape index (κ1) is 13.0. The van der Waals surface area contributed by atoms with Gasteiger partial charge < -0.3 is 5.73 Å². The zero-order valence-electron chi connectivity index (χ0n) is 11.0. The van der Waals surface area contributed by atoms with Crippen LogP contribution in [0.4, 0.5) is 11.6 Å². The quantitative estimate of drug-likeness (QED) is 0.821. The Morgan fingerprint density at radius 3 is 2.47 bits per heavy atom. The summed E-state index contributed by atoms with van der Waals surface area (Å²) >= 11 is 0. The van der Waals surface area contributed by atoms with Gasteiger partial charge in [0, 0.05) is 17.1 Å². The van der Waals surface area contributed by atoms with Crippen molar-refractivity contribution in [1.82, 2.24) is 9.97 Å². The summed E-state index contributed by atoms with van der Waals surface area (Å²) in [5.74, 6) is 0.153. The minimum atomic E-state index is -0.178. The molecule has 0 saturated carbocycles. The zero-order chi connectivity index (χ0) is 13.8. The summed E-state index contributed by atoms with van der Waals surface area (Å²) in [6.07, 6.45) is 0.211. The first-order valence-corrected chi connectivity index (χ1v) is 6.00. The molecule has 98 valence electrons. The molecule has 0 aliphatic carbocycles. The molecule has 0 unspecified atom stereocenters. The van der Waals surface area contributed by atoms with Gasteiger partial charge in [-0.25, -0.2) is 9.97 Å². The summed E-state index contributed by atoms with van der Waals surface area (Å²) in [5.41, 5.74) is 8.85. The Labute approximate surface area is 111 Å². The number of carbonyl (C=O) groups is 1. The molecule has 1 amide bonds. The standard InChI is InChI=1S/C14H16N4O/c1-9-7-10(2)17-14(16-9)18-13(19)8-11-5-3-4-6-12(11)15/h3-7H,8,15H2,1-2H3,(H,16,17,18,19). The van der Waals surface area contributed by atoms with E-state index in [2.05, 4.69) is 15.3 Å². The van der Waals surface area contributed by atoms with Crippen LogP contribution < -0.4 is 11.1 Å². The van der Waals surface area contributed by atoms with Crippen LogP contribution in [0.3, 0.4) is 0 Å². The maximum Gasteiger partial charge on any atom is 0.231 e. The molecular formula is C14H16N4O. The average molecular weight is 256 g/mol. The lowest BCUT2D eigenvalue weighted by atomic mass is 10.1. The van der Waals surface area contributed by atoms with E-state index in [0.29, 0.717) is 11.6 Å². The van der Waals surface area contributed by atoms with Gasteiger partial charge in [0.05, 0.1) is 6.42 Å². The molecule has 1 heterocycles. The monoisotopic (exact) mass is 256 g/mol. The van der Waals surface area contributed by atoms with Crippen molar-refractivity contribution in [1.29, 1.82) is 0 Å². The number of aryl methyl sites for hydroxylation is 2. The summed E-state index contributed by atoms with van der Waals surface area (Å²) in [4.78, 5) is 20.2. The molecule has 0 fully saturated rings. The van der Waals surface area contributed by atoms with Crippen molar-refractivity contribution in [2.45, 2.75) is 20.3 Å². The van der Waals surface area contributed by atoms with Gasteiger partial charge in [-0.05, 0) is 31.5 Å². The highest BCUT2D eigenvalue weighted by molar-refractivity contribution is 5.91. The molecule has 0 atom stereocenters. The van der Waals surface area contributed by atoms with Crippen molar-refractivity contribution >= 4 is 17.5 Å². The van der Waals surface area contributed by atoms with E-state index < -0.39 is 0 Å². The number of carbonyl (C=O) groups excluding carboxylic acids is 1. The van der Waals surface area contributed by atoms with Gasteiger partial charge in [-0.15, -0.1) is 0 Å².